The van der Waals surface area contributed by atoms with E-state index in [-0.39, 0.29) is 33.4 Å². The molecule has 0 unspecified atom stereocenters. The zero-order valence-corrected chi connectivity index (χ0v) is 33.7. The molecule has 0 bridgehead atoms. The summed E-state index contributed by atoms with van der Waals surface area (Å²) < 4.78 is 99.7. The van der Waals surface area contributed by atoms with Crippen LogP contribution in [0.1, 0.15) is 40.0 Å². The Morgan fingerprint density at radius 3 is 2.05 bits per heavy atom. The summed E-state index contributed by atoms with van der Waals surface area (Å²) in [5, 5.41) is 2.12. The number of benzene rings is 7. The summed E-state index contributed by atoms with van der Waals surface area (Å²) in [6, 6.07) is 31.2. The minimum absolute atomic E-state index is 0.0914. The average Bonchev–Trinajstić information content (AvgIpc) is 3.89. The van der Waals surface area contributed by atoms with E-state index in [1.807, 2.05) is 103 Å². The summed E-state index contributed by atoms with van der Waals surface area (Å²) in [4.78, 5) is 6.78. The predicted molar refractivity (Wildman–Crippen MR) is 246 cm³/mol. The number of nitrogens with zero attached hydrogens (tertiary/aromatic N) is 5. The molecule has 7 aromatic carbocycles. The van der Waals surface area contributed by atoms with E-state index in [2.05, 4.69) is 55.9 Å². The third-order valence-corrected chi connectivity index (χ3v) is 10.8. The maximum absolute atomic E-state index is 9.06. The molecule has 10 rings (SSSR count). The number of para-hydroxylation sites is 2. The number of pyridine rings is 1. The first-order valence-electron chi connectivity index (χ1n) is 24.6. The van der Waals surface area contributed by atoms with Crippen molar-refractivity contribution >= 4 is 38.5 Å². The second-order valence-corrected chi connectivity index (χ2v) is 15.8. The van der Waals surface area contributed by atoms with Gasteiger partial charge in [-0.15, -0.1) is 0 Å². The summed E-state index contributed by atoms with van der Waals surface area (Å²) in [6.07, 6.45) is 5.33. The van der Waals surface area contributed by atoms with Crippen LogP contribution in [0.15, 0.2) is 182 Å². The average molecular weight is 790 g/mol. The Labute approximate surface area is 364 Å². The van der Waals surface area contributed by atoms with Crippen molar-refractivity contribution in [3.8, 4) is 50.9 Å². The first-order valence-corrected chi connectivity index (χ1v) is 19.6. The van der Waals surface area contributed by atoms with Crippen molar-refractivity contribution in [2.45, 2.75) is 26.2 Å². The second-order valence-electron chi connectivity index (χ2n) is 15.8. The maximum atomic E-state index is 9.06. The lowest BCUT2D eigenvalue weighted by Crippen LogP contribution is -2.31. The predicted octanol–water partition coefficient (Wildman–Crippen LogP) is 12.7. The highest BCUT2D eigenvalue weighted by Gasteiger charge is 2.22. The van der Waals surface area contributed by atoms with Crippen LogP contribution in [0, 0.1) is 6.33 Å². The summed E-state index contributed by atoms with van der Waals surface area (Å²) >= 11 is 0. The molecule has 0 saturated heterocycles. The van der Waals surface area contributed by atoms with Crippen LogP contribution in [-0.4, -0.2) is 28.2 Å². The minimum Gasteiger partial charge on any atom is -0.458 e. The van der Waals surface area contributed by atoms with Crippen molar-refractivity contribution in [1.82, 2.24) is 14.1 Å². The monoisotopic (exact) mass is 789 g/mol. The lowest BCUT2D eigenvalue weighted by Gasteiger charge is -2.20. The molecule has 3 heterocycles. The van der Waals surface area contributed by atoms with E-state index in [1.54, 1.807) is 22.8 Å². The van der Waals surface area contributed by atoms with Crippen LogP contribution in [-0.2, 0) is 5.41 Å². The lowest BCUT2D eigenvalue weighted by atomic mass is 9.88. The van der Waals surface area contributed by atoms with Crippen molar-refractivity contribution in [3.63, 3.8) is 0 Å². The number of anilines is 1. The van der Waals surface area contributed by atoms with Crippen LogP contribution in [0.25, 0.3) is 72.3 Å². The van der Waals surface area contributed by atoms with Crippen molar-refractivity contribution in [3.05, 3.63) is 194 Å². The van der Waals surface area contributed by atoms with Crippen molar-refractivity contribution < 1.29 is 23.0 Å². The van der Waals surface area contributed by atoms with Crippen LogP contribution in [0.3, 0.4) is 0 Å². The van der Waals surface area contributed by atoms with Gasteiger partial charge in [-0.2, -0.15) is 0 Å². The smallest absolute Gasteiger partial charge is 0.269 e. The van der Waals surface area contributed by atoms with Crippen LogP contribution >= 0.6 is 0 Å². The molecular formula is C54H45N5O. The van der Waals surface area contributed by atoms with Crippen LogP contribution in [0.2, 0.25) is 0 Å². The van der Waals surface area contributed by atoms with Gasteiger partial charge in [0.15, 0.2) is 0 Å². The Bertz CT molecular complexity index is 3650. The van der Waals surface area contributed by atoms with Gasteiger partial charge in [-0.1, -0.05) is 130 Å². The Hall–Kier alpha value is -7.44. The summed E-state index contributed by atoms with van der Waals surface area (Å²) in [5.74, 6) is 1.89. The van der Waals surface area contributed by atoms with Crippen molar-refractivity contribution in [2.24, 2.45) is 0 Å². The molecule has 0 N–H and O–H groups in total. The number of aromatic nitrogens is 4. The van der Waals surface area contributed by atoms with E-state index in [0.29, 0.717) is 28.2 Å². The topological polar surface area (TPSA) is 39.1 Å². The molecular weight excluding hydrogens is 735 g/mol. The van der Waals surface area contributed by atoms with E-state index >= 15 is 0 Å². The van der Waals surface area contributed by atoms with Crippen LogP contribution in [0.4, 0.5) is 5.69 Å². The van der Waals surface area contributed by atoms with Crippen LogP contribution in [0.5, 0.6) is 11.5 Å². The van der Waals surface area contributed by atoms with Crippen molar-refractivity contribution in [1.29, 1.82) is 0 Å². The van der Waals surface area contributed by atoms with Gasteiger partial charge in [0.05, 0.1) is 47.1 Å². The van der Waals surface area contributed by atoms with Crippen molar-refractivity contribution in [2.75, 3.05) is 19.0 Å². The van der Waals surface area contributed by atoms with Gasteiger partial charge in [-0.05, 0) is 93.9 Å². The Balaban J connectivity index is 1.18. The van der Waals surface area contributed by atoms with E-state index in [4.69, 9.17) is 23.4 Å². The quantitative estimate of drug-likeness (QED) is 0.114. The normalized spacial score (nSPS) is 14.1. The van der Waals surface area contributed by atoms with Gasteiger partial charge in [-0.3, -0.25) is 13.7 Å². The highest BCUT2D eigenvalue weighted by molar-refractivity contribution is 6.09. The van der Waals surface area contributed by atoms with E-state index in [1.165, 1.54) is 0 Å². The molecule has 0 fully saturated rings. The maximum Gasteiger partial charge on any atom is 0.269 e. The molecule has 0 saturated carbocycles. The SMILES string of the molecule is [2H]c1c([2H])c([2H])c(-c2cccc(-c3c([2H])c([2H])c([2H])c([2H])c3[2H])c2-[n+]2[c-]n(-c3cccc(Oc4ccc5c6ccccc6n(-c6cc(C(C)(C)C)ccn6)c5c4)c3)c3cc(N(C)C)ccc32)c([2H])c1[2H]. The van der Waals surface area contributed by atoms with Gasteiger partial charge < -0.3 is 9.64 Å². The van der Waals surface area contributed by atoms with Gasteiger partial charge >= 0.3 is 0 Å². The largest absolute Gasteiger partial charge is 0.458 e. The van der Waals surface area contributed by atoms with E-state index < -0.39 is 60.4 Å². The fourth-order valence-corrected chi connectivity index (χ4v) is 7.78. The molecule has 0 radical (unpaired) electrons. The number of ether oxygens (including phenoxy) is 1. The third-order valence-electron chi connectivity index (χ3n) is 10.8. The van der Waals surface area contributed by atoms with Gasteiger partial charge in [-0.25, -0.2) is 4.98 Å². The molecule has 0 amide bonds. The zero-order valence-electron chi connectivity index (χ0n) is 43.7. The van der Waals surface area contributed by atoms with Gasteiger partial charge in [0, 0.05) is 42.8 Å². The van der Waals surface area contributed by atoms with Gasteiger partial charge in [0.1, 0.15) is 17.3 Å². The Morgan fingerprint density at radius 1 is 0.650 bits per heavy atom. The zero-order chi connectivity index (χ0) is 49.7. The van der Waals surface area contributed by atoms with E-state index in [0.717, 1.165) is 38.9 Å². The molecule has 0 aliphatic heterocycles. The molecule has 0 aliphatic rings. The third kappa shape index (κ3) is 6.56. The molecule has 292 valence electrons. The Kier molecular flexibility index (Phi) is 6.70. The van der Waals surface area contributed by atoms with E-state index in [9.17, 15) is 0 Å². The summed E-state index contributed by atoms with van der Waals surface area (Å²) in [6.45, 7) is 6.54. The minimum atomic E-state index is -0.568. The molecule has 0 spiro atoms. The fraction of sp³-hybridized carbons (Fsp3) is 0.111. The molecule has 3 aromatic heterocycles. The molecule has 0 aliphatic carbocycles. The highest BCUT2D eigenvalue weighted by Crippen LogP contribution is 2.38. The van der Waals surface area contributed by atoms with Crippen LogP contribution < -0.4 is 14.2 Å². The highest BCUT2D eigenvalue weighted by atomic mass is 16.5. The molecule has 6 heteroatoms. The molecule has 60 heavy (non-hydrogen) atoms. The second kappa shape index (κ2) is 14.7. The molecule has 0 atom stereocenters. The molecule has 6 nitrogen and oxygen atoms in total. The van der Waals surface area contributed by atoms with Gasteiger partial charge in [0.25, 0.3) is 6.33 Å². The first kappa shape index (κ1) is 27.3. The first-order chi connectivity index (χ1) is 33.3. The summed E-state index contributed by atoms with van der Waals surface area (Å²) in [7, 11) is 3.83. The fourth-order valence-electron chi connectivity index (χ4n) is 7.78. The van der Waals surface area contributed by atoms with Gasteiger partial charge in [0.2, 0.25) is 0 Å². The number of hydrogen-bond acceptors (Lipinski definition) is 3. The summed E-state index contributed by atoms with van der Waals surface area (Å²) in [5.41, 5.74) is 5.88. The Morgan fingerprint density at radius 2 is 1.33 bits per heavy atom. The molecule has 10 aromatic rings. The standard InChI is InChI=1S/C54H45N5O/c1-54(2,3)39-30-31-55-52(32-39)59-48-25-13-12-22-46(48)47-28-27-43(35-50(47)59)60-42-21-14-20-41(33-42)57-36-58(49-29-26-40(56(4)5)34-51(49)57)53-44(37-16-8-6-9-17-37)23-15-24-45(53)38-18-10-7-11-19-38/h6-35H,1-5H3/i6D,7D,8D,9D,10D,11D,16D,17D,18D,19D. The number of rotatable bonds is 8. The lowest BCUT2D eigenvalue weighted by molar-refractivity contribution is -0.571. The number of fused-ring (bicyclic) bond motifs is 4. The number of imidazole rings is 1. The number of hydrogen-bond donors (Lipinski definition) is 0.